The Labute approximate surface area is 188 Å². The summed E-state index contributed by atoms with van der Waals surface area (Å²) in [5.41, 5.74) is 10.2. The number of carbonyl (C=O) groups is 1. The average molecular weight is 434 g/mol. The number of hydrogen-bond acceptors (Lipinski definition) is 5. The van der Waals surface area contributed by atoms with Crippen LogP contribution in [0.25, 0.3) is 5.57 Å². The van der Waals surface area contributed by atoms with Gasteiger partial charge in [0, 0.05) is 30.2 Å². The van der Waals surface area contributed by atoms with E-state index in [4.69, 9.17) is 22.1 Å². The number of nitrogens with zero attached hydrogens (tertiary/aromatic N) is 3. The molecule has 1 fully saturated rings. The minimum atomic E-state index is -0.553. The standard InChI is InChI=1S/C24H23N5O.ClH/c1-3-19-9-8-18(15-27-19)20(23(25)30)14-21-22(17-6-4-16(2)5-7-17)29-24(28-21)10-12-26-13-11-24;/h1,4-9,14-15,26H,10-13H2,2H3,(H2,25,30);1H. The zero-order valence-corrected chi connectivity index (χ0v) is 18.1. The molecule has 0 aliphatic carbocycles. The van der Waals surface area contributed by atoms with Gasteiger partial charge >= 0.3 is 0 Å². The quantitative estimate of drug-likeness (QED) is 0.573. The SMILES string of the molecule is C#Cc1ccc(C(=CC2=NC3(CCNCC3)N=C2c2ccc(C)cc2)C(N)=O)cn1.Cl. The summed E-state index contributed by atoms with van der Waals surface area (Å²) in [6.45, 7) is 3.75. The molecular formula is C24H24ClN5O. The second-order valence-corrected chi connectivity index (χ2v) is 7.55. The maximum atomic E-state index is 12.3. The molecule has 0 saturated carbocycles. The van der Waals surface area contributed by atoms with Gasteiger partial charge in [-0.3, -0.25) is 14.8 Å². The van der Waals surface area contributed by atoms with Crippen molar-refractivity contribution in [2.24, 2.45) is 15.7 Å². The maximum absolute atomic E-state index is 12.3. The van der Waals surface area contributed by atoms with E-state index in [-0.39, 0.29) is 12.4 Å². The fraction of sp³-hybridized carbons (Fsp3) is 0.250. The Hall–Kier alpha value is -3.27. The lowest BCUT2D eigenvalue weighted by Gasteiger charge is -2.28. The summed E-state index contributed by atoms with van der Waals surface area (Å²) in [4.78, 5) is 26.5. The van der Waals surface area contributed by atoms with Crippen molar-refractivity contribution in [2.45, 2.75) is 25.4 Å². The summed E-state index contributed by atoms with van der Waals surface area (Å²) in [5.74, 6) is 1.92. The number of halogens is 1. The molecule has 0 atom stereocenters. The Balaban J connectivity index is 0.00000272. The van der Waals surface area contributed by atoms with Gasteiger partial charge in [0.2, 0.25) is 5.91 Å². The van der Waals surface area contributed by atoms with E-state index >= 15 is 0 Å². The van der Waals surface area contributed by atoms with Crippen LogP contribution in [0, 0.1) is 19.3 Å². The third-order valence-electron chi connectivity index (χ3n) is 5.39. The first-order chi connectivity index (χ1) is 14.5. The average Bonchev–Trinajstić information content (AvgIpc) is 3.10. The van der Waals surface area contributed by atoms with Crippen LogP contribution in [-0.4, -0.2) is 41.1 Å². The number of hydrogen-bond donors (Lipinski definition) is 2. The number of amides is 1. The van der Waals surface area contributed by atoms with Crippen molar-refractivity contribution in [1.29, 1.82) is 0 Å². The Kier molecular flexibility index (Phi) is 6.69. The number of primary amides is 1. The molecule has 3 N–H and O–H groups in total. The summed E-state index contributed by atoms with van der Waals surface area (Å²) in [7, 11) is 0. The number of aryl methyl sites for hydroxylation is 1. The number of pyridine rings is 1. The molecule has 1 aromatic heterocycles. The highest BCUT2D eigenvalue weighted by Gasteiger charge is 2.37. The monoisotopic (exact) mass is 433 g/mol. The smallest absolute Gasteiger partial charge is 0.249 e. The van der Waals surface area contributed by atoms with Crippen molar-refractivity contribution in [3.63, 3.8) is 0 Å². The first kappa shape index (κ1) is 22.4. The second kappa shape index (κ2) is 9.25. The van der Waals surface area contributed by atoms with Crippen molar-refractivity contribution in [1.82, 2.24) is 10.3 Å². The Morgan fingerprint density at radius 3 is 2.45 bits per heavy atom. The molecule has 2 aromatic rings. The van der Waals surface area contributed by atoms with E-state index in [1.807, 2.05) is 31.2 Å². The fourth-order valence-corrected chi connectivity index (χ4v) is 3.71. The lowest BCUT2D eigenvalue weighted by Crippen LogP contribution is -2.38. The van der Waals surface area contributed by atoms with E-state index in [1.165, 1.54) is 5.56 Å². The van der Waals surface area contributed by atoms with Crippen LogP contribution in [0.1, 0.15) is 35.2 Å². The molecule has 0 radical (unpaired) electrons. The lowest BCUT2D eigenvalue weighted by atomic mass is 10.00. The second-order valence-electron chi connectivity index (χ2n) is 7.55. The summed E-state index contributed by atoms with van der Waals surface area (Å²) >= 11 is 0. The van der Waals surface area contributed by atoms with E-state index in [1.54, 1.807) is 24.4 Å². The first-order valence-electron chi connectivity index (χ1n) is 9.92. The number of benzene rings is 1. The highest BCUT2D eigenvalue weighted by atomic mass is 35.5. The van der Waals surface area contributed by atoms with E-state index in [0.29, 0.717) is 22.5 Å². The Bertz CT molecular complexity index is 1100. The molecular weight excluding hydrogens is 410 g/mol. The molecule has 1 aromatic carbocycles. The van der Waals surface area contributed by atoms with Crippen molar-refractivity contribution >= 4 is 35.3 Å². The first-order valence-corrected chi connectivity index (χ1v) is 9.92. The highest BCUT2D eigenvalue weighted by molar-refractivity contribution is 6.55. The van der Waals surface area contributed by atoms with E-state index in [9.17, 15) is 4.79 Å². The van der Waals surface area contributed by atoms with Gasteiger partial charge in [0.1, 0.15) is 5.69 Å². The van der Waals surface area contributed by atoms with Gasteiger partial charge in [-0.1, -0.05) is 35.7 Å². The molecule has 2 aliphatic rings. The van der Waals surface area contributed by atoms with Crippen LogP contribution < -0.4 is 11.1 Å². The minimum absolute atomic E-state index is 0. The van der Waals surface area contributed by atoms with Gasteiger partial charge in [0.25, 0.3) is 0 Å². The van der Waals surface area contributed by atoms with E-state index < -0.39 is 11.6 Å². The number of terminal acetylenes is 1. The Morgan fingerprint density at radius 1 is 1.16 bits per heavy atom. The molecule has 1 saturated heterocycles. The largest absolute Gasteiger partial charge is 0.366 e. The predicted molar refractivity (Wildman–Crippen MR) is 127 cm³/mol. The van der Waals surface area contributed by atoms with E-state index in [2.05, 4.69) is 16.2 Å². The molecule has 7 heteroatoms. The minimum Gasteiger partial charge on any atom is -0.366 e. The highest BCUT2D eigenvalue weighted by Crippen LogP contribution is 2.32. The van der Waals surface area contributed by atoms with Gasteiger partial charge in [-0.05, 0) is 38.2 Å². The normalized spacial score (nSPS) is 17.4. The van der Waals surface area contributed by atoms with Gasteiger partial charge < -0.3 is 11.1 Å². The zero-order chi connectivity index (χ0) is 21.1. The fourth-order valence-electron chi connectivity index (χ4n) is 3.71. The predicted octanol–water partition coefficient (Wildman–Crippen LogP) is 2.69. The van der Waals surface area contributed by atoms with Gasteiger partial charge in [-0.15, -0.1) is 18.8 Å². The molecule has 2 aliphatic heterocycles. The van der Waals surface area contributed by atoms with Gasteiger partial charge in [0.15, 0.2) is 5.66 Å². The van der Waals surface area contributed by atoms with Crippen molar-refractivity contribution in [3.8, 4) is 12.3 Å². The zero-order valence-electron chi connectivity index (χ0n) is 17.3. The molecule has 1 amide bonds. The molecule has 3 heterocycles. The van der Waals surface area contributed by atoms with Crippen LogP contribution in [0.15, 0.2) is 58.7 Å². The summed E-state index contributed by atoms with van der Waals surface area (Å²) in [6, 6.07) is 11.6. The molecule has 0 bridgehead atoms. The number of carbonyl (C=O) groups excluding carboxylic acids is 1. The Morgan fingerprint density at radius 2 is 1.87 bits per heavy atom. The summed E-state index contributed by atoms with van der Waals surface area (Å²) in [6.07, 6.45) is 10.3. The van der Waals surface area contributed by atoms with Gasteiger partial charge in [-0.2, -0.15) is 0 Å². The number of rotatable bonds is 4. The molecule has 6 nitrogen and oxygen atoms in total. The lowest BCUT2D eigenvalue weighted by molar-refractivity contribution is -0.112. The molecule has 1 spiro atoms. The van der Waals surface area contributed by atoms with Gasteiger partial charge in [-0.25, -0.2) is 4.98 Å². The summed E-state index contributed by atoms with van der Waals surface area (Å²) in [5, 5.41) is 3.36. The van der Waals surface area contributed by atoms with Crippen LogP contribution in [0.2, 0.25) is 0 Å². The molecule has 158 valence electrons. The van der Waals surface area contributed by atoms with Crippen molar-refractivity contribution in [3.05, 3.63) is 71.1 Å². The molecule has 31 heavy (non-hydrogen) atoms. The van der Waals surface area contributed by atoms with Crippen molar-refractivity contribution < 1.29 is 4.79 Å². The van der Waals surface area contributed by atoms with Crippen molar-refractivity contribution in [2.75, 3.05) is 13.1 Å². The van der Waals surface area contributed by atoms with Crippen LogP contribution >= 0.6 is 12.4 Å². The summed E-state index contributed by atoms with van der Waals surface area (Å²) < 4.78 is 0. The number of nitrogens with two attached hydrogens (primary N) is 1. The third kappa shape index (κ3) is 4.74. The topological polar surface area (TPSA) is 92.7 Å². The number of piperidine rings is 1. The van der Waals surface area contributed by atoms with Crippen LogP contribution in [-0.2, 0) is 4.79 Å². The van der Waals surface area contributed by atoms with Crippen LogP contribution in [0.4, 0.5) is 0 Å². The number of aromatic nitrogens is 1. The molecule has 4 rings (SSSR count). The number of aliphatic imine (C=N–C) groups is 2. The third-order valence-corrected chi connectivity index (χ3v) is 5.39. The van der Waals surface area contributed by atoms with E-state index in [0.717, 1.165) is 37.2 Å². The van der Waals surface area contributed by atoms with Crippen LogP contribution in [0.3, 0.4) is 0 Å². The number of nitrogens with one attached hydrogen (secondary N) is 1. The van der Waals surface area contributed by atoms with Gasteiger partial charge in [0.05, 0.1) is 17.0 Å². The number of allylic oxidation sites excluding steroid dienone is 1. The maximum Gasteiger partial charge on any atom is 0.249 e. The molecule has 0 unspecified atom stereocenters. The van der Waals surface area contributed by atoms with Crippen LogP contribution in [0.5, 0.6) is 0 Å².